The highest BCUT2D eigenvalue weighted by atomic mass is 19.1. The minimum atomic E-state index is -0.526. The molecule has 6 heteroatoms. The van der Waals surface area contributed by atoms with Gasteiger partial charge in [0.05, 0.1) is 0 Å². The van der Waals surface area contributed by atoms with Crippen LogP contribution >= 0.6 is 0 Å². The van der Waals surface area contributed by atoms with Crippen LogP contribution in [0, 0.1) is 19.7 Å². The predicted molar refractivity (Wildman–Crippen MR) is 102 cm³/mol. The molecule has 0 aliphatic rings. The number of nitrogens with one attached hydrogen (secondary N) is 2. The molecule has 1 heterocycles. The van der Waals surface area contributed by atoms with Gasteiger partial charge in [-0.2, -0.15) is 0 Å². The second kappa shape index (κ2) is 7.78. The minimum absolute atomic E-state index is 0.0628. The van der Waals surface area contributed by atoms with Gasteiger partial charge in [-0.25, -0.2) is 9.37 Å². The minimum Gasteiger partial charge on any atom is -0.321 e. The van der Waals surface area contributed by atoms with Crippen molar-refractivity contribution in [3.63, 3.8) is 0 Å². The van der Waals surface area contributed by atoms with Crippen LogP contribution in [0.5, 0.6) is 0 Å². The quantitative estimate of drug-likeness (QED) is 0.724. The van der Waals surface area contributed by atoms with Gasteiger partial charge in [-0.1, -0.05) is 24.3 Å². The van der Waals surface area contributed by atoms with E-state index < -0.39 is 17.6 Å². The fourth-order valence-electron chi connectivity index (χ4n) is 2.51. The van der Waals surface area contributed by atoms with Gasteiger partial charge >= 0.3 is 0 Å². The molecule has 0 bridgehead atoms. The molecule has 2 N–H and O–H groups in total. The first-order chi connectivity index (χ1) is 12.9. The van der Waals surface area contributed by atoms with Gasteiger partial charge < -0.3 is 10.6 Å². The SMILES string of the molecule is Cc1ccc(C)c(NC(=O)c2cccc(C(=O)Nc3cccc(F)c3)n2)c1. The third kappa shape index (κ3) is 4.55. The summed E-state index contributed by atoms with van der Waals surface area (Å²) in [6.07, 6.45) is 0. The largest absolute Gasteiger partial charge is 0.321 e. The summed E-state index contributed by atoms with van der Waals surface area (Å²) >= 11 is 0. The van der Waals surface area contributed by atoms with Gasteiger partial charge in [-0.15, -0.1) is 0 Å². The number of hydrogen-bond acceptors (Lipinski definition) is 3. The topological polar surface area (TPSA) is 71.1 Å². The summed E-state index contributed by atoms with van der Waals surface area (Å²) < 4.78 is 13.2. The number of anilines is 2. The fourth-order valence-corrected chi connectivity index (χ4v) is 2.51. The number of benzene rings is 2. The van der Waals surface area contributed by atoms with Crippen LogP contribution in [0.15, 0.2) is 60.7 Å². The standard InChI is InChI=1S/C21H18FN3O2/c1-13-9-10-14(2)19(11-13)25-21(27)18-8-4-7-17(24-18)20(26)23-16-6-3-5-15(22)12-16/h3-12H,1-2H3,(H,23,26)(H,25,27). The van der Waals surface area contributed by atoms with E-state index in [1.54, 1.807) is 12.1 Å². The number of carbonyl (C=O) groups is 2. The van der Waals surface area contributed by atoms with Gasteiger partial charge in [0.25, 0.3) is 11.8 Å². The molecule has 136 valence electrons. The van der Waals surface area contributed by atoms with Gasteiger partial charge in [-0.05, 0) is 61.4 Å². The molecule has 0 atom stereocenters. The van der Waals surface area contributed by atoms with Crippen molar-refractivity contribution in [2.75, 3.05) is 10.6 Å². The van der Waals surface area contributed by atoms with E-state index in [-0.39, 0.29) is 11.4 Å². The summed E-state index contributed by atoms with van der Waals surface area (Å²) in [6, 6.07) is 15.9. The molecule has 2 aromatic carbocycles. The molecule has 0 unspecified atom stereocenters. The van der Waals surface area contributed by atoms with Crippen LogP contribution in [0.2, 0.25) is 0 Å². The van der Waals surface area contributed by atoms with E-state index >= 15 is 0 Å². The molecule has 5 nitrogen and oxygen atoms in total. The van der Waals surface area contributed by atoms with Crippen LogP contribution < -0.4 is 10.6 Å². The number of rotatable bonds is 4. The normalized spacial score (nSPS) is 10.3. The van der Waals surface area contributed by atoms with E-state index in [0.717, 1.165) is 11.1 Å². The molecule has 0 aliphatic heterocycles. The summed E-state index contributed by atoms with van der Waals surface area (Å²) in [5.41, 5.74) is 3.13. The molecule has 0 saturated carbocycles. The number of aromatic nitrogens is 1. The Morgan fingerprint density at radius 3 is 2.22 bits per heavy atom. The summed E-state index contributed by atoms with van der Waals surface area (Å²) in [5, 5.41) is 5.37. The highest BCUT2D eigenvalue weighted by Crippen LogP contribution is 2.17. The summed E-state index contributed by atoms with van der Waals surface area (Å²) in [6.45, 7) is 3.83. The summed E-state index contributed by atoms with van der Waals surface area (Å²) in [5.74, 6) is -1.39. The molecule has 0 fully saturated rings. The van der Waals surface area contributed by atoms with Crippen LogP contribution in [0.25, 0.3) is 0 Å². The highest BCUT2D eigenvalue weighted by Gasteiger charge is 2.14. The number of nitrogens with zero attached hydrogens (tertiary/aromatic N) is 1. The molecular formula is C21H18FN3O2. The molecular weight excluding hydrogens is 345 g/mol. The smallest absolute Gasteiger partial charge is 0.274 e. The number of amides is 2. The first kappa shape index (κ1) is 18.3. The lowest BCUT2D eigenvalue weighted by Crippen LogP contribution is -2.19. The number of aryl methyl sites for hydroxylation is 2. The Labute approximate surface area is 156 Å². The Bertz CT molecular complexity index is 1020. The Morgan fingerprint density at radius 2 is 1.52 bits per heavy atom. The maximum atomic E-state index is 13.2. The zero-order valence-electron chi connectivity index (χ0n) is 14.9. The van der Waals surface area contributed by atoms with Crippen LogP contribution in [0.4, 0.5) is 15.8 Å². The average molecular weight is 363 g/mol. The third-order valence-electron chi connectivity index (χ3n) is 3.94. The number of pyridine rings is 1. The first-order valence-corrected chi connectivity index (χ1v) is 8.35. The zero-order valence-corrected chi connectivity index (χ0v) is 14.9. The lowest BCUT2D eigenvalue weighted by Gasteiger charge is -2.10. The Hall–Kier alpha value is -3.54. The second-order valence-electron chi connectivity index (χ2n) is 6.15. The second-order valence-corrected chi connectivity index (χ2v) is 6.15. The van der Waals surface area contributed by atoms with E-state index in [1.807, 2.05) is 32.0 Å². The van der Waals surface area contributed by atoms with Crippen molar-refractivity contribution in [2.24, 2.45) is 0 Å². The van der Waals surface area contributed by atoms with Crippen molar-refractivity contribution in [1.82, 2.24) is 4.98 Å². The lowest BCUT2D eigenvalue weighted by molar-refractivity contribution is 0.101. The van der Waals surface area contributed by atoms with Crippen LogP contribution in [0.1, 0.15) is 32.1 Å². The molecule has 27 heavy (non-hydrogen) atoms. The van der Waals surface area contributed by atoms with Crippen molar-refractivity contribution >= 4 is 23.2 Å². The van der Waals surface area contributed by atoms with E-state index in [1.165, 1.54) is 30.3 Å². The predicted octanol–water partition coefficient (Wildman–Crippen LogP) is 4.34. The summed E-state index contributed by atoms with van der Waals surface area (Å²) in [4.78, 5) is 29.0. The van der Waals surface area contributed by atoms with Crippen molar-refractivity contribution in [3.8, 4) is 0 Å². The number of halogens is 1. The average Bonchev–Trinajstić information content (AvgIpc) is 2.65. The van der Waals surface area contributed by atoms with Gasteiger partial charge in [-0.3, -0.25) is 9.59 Å². The van der Waals surface area contributed by atoms with E-state index in [4.69, 9.17) is 0 Å². The van der Waals surface area contributed by atoms with Crippen LogP contribution in [0.3, 0.4) is 0 Å². The first-order valence-electron chi connectivity index (χ1n) is 8.35. The zero-order chi connectivity index (χ0) is 19.4. The molecule has 0 spiro atoms. The molecule has 2 amide bonds. The summed E-state index contributed by atoms with van der Waals surface area (Å²) in [7, 11) is 0. The van der Waals surface area contributed by atoms with Gasteiger partial charge in [0, 0.05) is 11.4 Å². The molecule has 3 rings (SSSR count). The molecule has 1 aromatic heterocycles. The molecule has 0 radical (unpaired) electrons. The van der Waals surface area contributed by atoms with E-state index in [9.17, 15) is 14.0 Å². The van der Waals surface area contributed by atoms with Crippen molar-refractivity contribution < 1.29 is 14.0 Å². The van der Waals surface area contributed by atoms with Crippen LogP contribution in [-0.4, -0.2) is 16.8 Å². The van der Waals surface area contributed by atoms with E-state index in [2.05, 4.69) is 15.6 Å². The number of carbonyl (C=O) groups excluding carboxylic acids is 2. The highest BCUT2D eigenvalue weighted by molar-refractivity contribution is 6.06. The fraction of sp³-hybridized carbons (Fsp3) is 0.0952. The van der Waals surface area contributed by atoms with E-state index in [0.29, 0.717) is 11.4 Å². The molecule has 0 aliphatic carbocycles. The van der Waals surface area contributed by atoms with Crippen molar-refractivity contribution in [1.29, 1.82) is 0 Å². The maximum Gasteiger partial charge on any atom is 0.274 e. The Kier molecular flexibility index (Phi) is 5.26. The molecule has 0 saturated heterocycles. The van der Waals surface area contributed by atoms with Gasteiger partial charge in [0.15, 0.2) is 0 Å². The Balaban J connectivity index is 1.77. The third-order valence-corrected chi connectivity index (χ3v) is 3.94. The maximum absolute atomic E-state index is 13.2. The Morgan fingerprint density at radius 1 is 0.852 bits per heavy atom. The van der Waals surface area contributed by atoms with Crippen LogP contribution in [-0.2, 0) is 0 Å². The van der Waals surface area contributed by atoms with Gasteiger partial charge in [0.2, 0.25) is 0 Å². The monoisotopic (exact) mass is 363 g/mol. The molecule has 3 aromatic rings. The number of hydrogen-bond donors (Lipinski definition) is 2. The van der Waals surface area contributed by atoms with Crippen molar-refractivity contribution in [3.05, 3.63) is 89.0 Å². The van der Waals surface area contributed by atoms with Crippen molar-refractivity contribution in [2.45, 2.75) is 13.8 Å². The van der Waals surface area contributed by atoms with Gasteiger partial charge in [0.1, 0.15) is 17.2 Å². The lowest BCUT2D eigenvalue weighted by atomic mass is 10.1.